The molecular weight excluding hydrogens is 333 g/mol. The molecule has 0 fully saturated rings. The Bertz CT molecular complexity index is 822. The van der Waals surface area contributed by atoms with Gasteiger partial charge in [-0.15, -0.1) is 0 Å². The molecule has 0 N–H and O–H groups in total. The minimum absolute atomic E-state index is 0.0526. The Morgan fingerprint density at radius 2 is 2.00 bits per heavy atom. The molecular formula is C15H8ClF3N2O2. The first-order chi connectivity index (χ1) is 11.0. The summed E-state index contributed by atoms with van der Waals surface area (Å²) in [6.07, 6.45) is -1.46. The molecule has 23 heavy (non-hydrogen) atoms. The van der Waals surface area contributed by atoms with Crippen LogP contribution in [0.5, 0.6) is 11.6 Å². The number of hydrogen-bond donors (Lipinski definition) is 0. The van der Waals surface area contributed by atoms with E-state index in [4.69, 9.17) is 20.9 Å². The summed E-state index contributed by atoms with van der Waals surface area (Å²) in [6.45, 7) is 0. The lowest BCUT2D eigenvalue weighted by atomic mass is 10.1. The van der Waals surface area contributed by atoms with Crippen molar-refractivity contribution in [3.05, 3.63) is 59.1 Å². The van der Waals surface area contributed by atoms with Crippen molar-refractivity contribution < 1.29 is 22.4 Å². The van der Waals surface area contributed by atoms with Crippen LogP contribution in [0, 0.1) is 5.82 Å². The van der Waals surface area contributed by atoms with E-state index in [1.54, 1.807) is 6.07 Å². The number of pyridine rings is 1. The molecule has 0 saturated heterocycles. The molecule has 0 aliphatic carbocycles. The van der Waals surface area contributed by atoms with Crippen LogP contribution >= 0.6 is 11.6 Å². The zero-order chi connectivity index (χ0) is 16.4. The van der Waals surface area contributed by atoms with Crippen molar-refractivity contribution in [3.63, 3.8) is 0 Å². The van der Waals surface area contributed by atoms with Crippen molar-refractivity contribution in [2.45, 2.75) is 6.43 Å². The van der Waals surface area contributed by atoms with E-state index in [1.165, 1.54) is 24.4 Å². The fourth-order valence-corrected chi connectivity index (χ4v) is 1.99. The third-order valence-corrected chi connectivity index (χ3v) is 3.11. The van der Waals surface area contributed by atoms with Gasteiger partial charge in [-0.25, -0.2) is 18.2 Å². The van der Waals surface area contributed by atoms with Crippen LogP contribution in [-0.4, -0.2) is 10.1 Å². The molecule has 0 bridgehead atoms. The molecule has 0 aliphatic heterocycles. The molecule has 0 atom stereocenters. The average Bonchev–Trinajstić information content (AvgIpc) is 2.99. The Labute approximate surface area is 133 Å². The van der Waals surface area contributed by atoms with Gasteiger partial charge in [-0.3, -0.25) is 0 Å². The van der Waals surface area contributed by atoms with Crippen molar-refractivity contribution in [1.29, 1.82) is 0 Å². The zero-order valence-electron chi connectivity index (χ0n) is 11.3. The Hall–Kier alpha value is -2.54. The smallest absolute Gasteiger partial charge is 0.283 e. The van der Waals surface area contributed by atoms with Gasteiger partial charge in [0.15, 0.2) is 5.76 Å². The number of rotatable bonds is 4. The minimum Gasteiger partial charge on any atom is -0.438 e. The predicted octanol–water partition coefficient (Wildman–Crippen LogP) is 5.26. The lowest BCUT2D eigenvalue weighted by Gasteiger charge is -2.09. The molecule has 2 heterocycles. The summed E-state index contributed by atoms with van der Waals surface area (Å²) in [6, 6.07) is 8.02. The van der Waals surface area contributed by atoms with Crippen LogP contribution < -0.4 is 4.74 Å². The summed E-state index contributed by atoms with van der Waals surface area (Å²) in [5.74, 6) is -0.651. The van der Waals surface area contributed by atoms with Crippen LogP contribution in [0.25, 0.3) is 11.3 Å². The maximum Gasteiger partial charge on any atom is 0.283 e. The van der Waals surface area contributed by atoms with Crippen molar-refractivity contribution in [2.24, 2.45) is 0 Å². The number of halogens is 4. The fourth-order valence-electron chi connectivity index (χ4n) is 1.87. The van der Waals surface area contributed by atoms with E-state index in [2.05, 4.69) is 10.1 Å². The Morgan fingerprint density at radius 1 is 1.17 bits per heavy atom. The summed E-state index contributed by atoms with van der Waals surface area (Å²) >= 11 is 5.73. The third kappa shape index (κ3) is 3.29. The summed E-state index contributed by atoms with van der Waals surface area (Å²) in [5.41, 5.74) is -0.706. The lowest BCUT2D eigenvalue weighted by molar-refractivity contribution is 0.140. The minimum atomic E-state index is -2.82. The van der Waals surface area contributed by atoms with Gasteiger partial charge >= 0.3 is 0 Å². The molecule has 0 radical (unpaired) electrons. The molecule has 1 aromatic carbocycles. The standard InChI is InChI=1S/C15H8ClF3N2O2/c16-8-4-5-13(20-7-8)22-11-3-1-2-9(17)14(11)12-6-10(15(18)19)21-23-12/h1-7,15H. The molecule has 0 unspecified atom stereocenters. The van der Waals surface area contributed by atoms with Crippen LogP contribution in [0.3, 0.4) is 0 Å². The van der Waals surface area contributed by atoms with E-state index in [9.17, 15) is 13.2 Å². The highest BCUT2D eigenvalue weighted by Gasteiger charge is 2.21. The van der Waals surface area contributed by atoms with Crippen molar-refractivity contribution in [3.8, 4) is 23.0 Å². The second-order valence-corrected chi connectivity index (χ2v) is 4.88. The highest BCUT2D eigenvalue weighted by molar-refractivity contribution is 6.30. The lowest BCUT2D eigenvalue weighted by Crippen LogP contribution is -1.92. The molecule has 0 spiro atoms. The van der Waals surface area contributed by atoms with Gasteiger partial charge in [0.25, 0.3) is 6.43 Å². The Balaban J connectivity index is 2.00. The number of nitrogens with zero attached hydrogens (tertiary/aromatic N) is 2. The van der Waals surface area contributed by atoms with Gasteiger partial charge < -0.3 is 9.26 Å². The first-order valence-electron chi connectivity index (χ1n) is 6.37. The first kappa shape index (κ1) is 15.4. The summed E-state index contributed by atoms with van der Waals surface area (Å²) in [7, 11) is 0. The maximum atomic E-state index is 14.1. The molecule has 2 aromatic heterocycles. The highest BCUT2D eigenvalue weighted by Crippen LogP contribution is 2.36. The van der Waals surface area contributed by atoms with Crippen LogP contribution in [0.15, 0.2) is 47.1 Å². The third-order valence-electron chi connectivity index (χ3n) is 2.89. The molecule has 8 heteroatoms. The van der Waals surface area contributed by atoms with Gasteiger partial charge in [-0.2, -0.15) is 0 Å². The van der Waals surface area contributed by atoms with Crippen molar-refractivity contribution in [1.82, 2.24) is 10.1 Å². The van der Waals surface area contributed by atoms with Gasteiger partial charge in [-0.1, -0.05) is 22.8 Å². The normalized spacial score (nSPS) is 11.0. The molecule has 0 aliphatic rings. The van der Waals surface area contributed by atoms with Gasteiger partial charge in [-0.05, 0) is 18.2 Å². The van der Waals surface area contributed by atoms with Crippen molar-refractivity contribution >= 4 is 11.6 Å². The van der Waals surface area contributed by atoms with Gasteiger partial charge in [0.2, 0.25) is 5.88 Å². The predicted molar refractivity (Wildman–Crippen MR) is 76.2 cm³/mol. The van der Waals surface area contributed by atoms with Crippen LogP contribution in [0.4, 0.5) is 13.2 Å². The summed E-state index contributed by atoms with van der Waals surface area (Å²) in [5, 5.41) is 3.62. The second-order valence-electron chi connectivity index (χ2n) is 4.45. The summed E-state index contributed by atoms with van der Waals surface area (Å²) in [4.78, 5) is 3.93. The first-order valence-corrected chi connectivity index (χ1v) is 6.75. The number of hydrogen-bond acceptors (Lipinski definition) is 4. The van der Waals surface area contributed by atoms with Gasteiger partial charge in [0.1, 0.15) is 17.3 Å². The fraction of sp³-hybridized carbons (Fsp3) is 0.0667. The van der Waals surface area contributed by atoms with E-state index >= 15 is 0 Å². The topological polar surface area (TPSA) is 48.2 Å². The average molecular weight is 341 g/mol. The zero-order valence-corrected chi connectivity index (χ0v) is 12.1. The number of alkyl halides is 2. The molecule has 4 nitrogen and oxygen atoms in total. The number of aromatic nitrogens is 2. The Morgan fingerprint density at radius 3 is 2.65 bits per heavy atom. The molecule has 0 amide bonds. The van der Waals surface area contributed by atoms with Crippen LogP contribution in [0.1, 0.15) is 12.1 Å². The summed E-state index contributed by atoms with van der Waals surface area (Å²) < 4.78 is 49.6. The highest BCUT2D eigenvalue weighted by atomic mass is 35.5. The molecule has 3 aromatic rings. The van der Waals surface area contributed by atoms with E-state index in [-0.39, 0.29) is 23.0 Å². The van der Waals surface area contributed by atoms with Gasteiger partial charge in [0, 0.05) is 18.3 Å². The van der Waals surface area contributed by atoms with E-state index in [1.807, 2.05) is 0 Å². The molecule has 118 valence electrons. The van der Waals surface area contributed by atoms with E-state index < -0.39 is 17.9 Å². The van der Waals surface area contributed by atoms with Crippen LogP contribution in [-0.2, 0) is 0 Å². The SMILES string of the molecule is Fc1cccc(Oc2ccc(Cl)cn2)c1-c1cc(C(F)F)no1. The maximum absolute atomic E-state index is 14.1. The molecule has 3 rings (SSSR count). The quantitative estimate of drug-likeness (QED) is 0.650. The second kappa shape index (κ2) is 6.29. The van der Waals surface area contributed by atoms with E-state index in [0.717, 1.165) is 12.1 Å². The number of benzene rings is 1. The molecule has 0 saturated carbocycles. The number of ether oxygens (including phenoxy) is 1. The largest absolute Gasteiger partial charge is 0.438 e. The van der Waals surface area contributed by atoms with Gasteiger partial charge in [0.05, 0.1) is 10.6 Å². The van der Waals surface area contributed by atoms with Crippen LogP contribution in [0.2, 0.25) is 5.02 Å². The Kier molecular flexibility index (Phi) is 4.20. The van der Waals surface area contributed by atoms with Crippen molar-refractivity contribution in [2.75, 3.05) is 0 Å². The monoisotopic (exact) mass is 340 g/mol. The van der Waals surface area contributed by atoms with E-state index in [0.29, 0.717) is 5.02 Å².